The van der Waals surface area contributed by atoms with E-state index in [9.17, 15) is 0 Å². The van der Waals surface area contributed by atoms with Gasteiger partial charge in [-0.25, -0.2) is 4.98 Å². The van der Waals surface area contributed by atoms with E-state index in [2.05, 4.69) is 23.3 Å². The molecule has 0 spiro atoms. The number of hydrogen-bond acceptors (Lipinski definition) is 4. The third-order valence-electron chi connectivity index (χ3n) is 3.46. The maximum atomic E-state index is 5.50. The van der Waals surface area contributed by atoms with Crippen LogP contribution >= 0.6 is 11.3 Å². The average molecular weight is 262 g/mol. The number of thiazole rings is 1. The van der Waals surface area contributed by atoms with Gasteiger partial charge in [0.1, 0.15) is 5.75 Å². The summed E-state index contributed by atoms with van der Waals surface area (Å²) in [6, 6.07) is 6.08. The van der Waals surface area contributed by atoms with Crippen molar-refractivity contribution in [1.29, 1.82) is 0 Å². The number of rotatable bonds is 5. The fourth-order valence-electron chi connectivity index (χ4n) is 2.14. The molecule has 1 aliphatic rings. The van der Waals surface area contributed by atoms with E-state index in [1.54, 1.807) is 11.3 Å². The number of ether oxygens (including phenoxy) is 1. The molecule has 2 atom stereocenters. The van der Waals surface area contributed by atoms with E-state index in [-0.39, 0.29) is 0 Å². The summed E-state index contributed by atoms with van der Waals surface area (Å²) in [7, 11) is 0. The van der Waals surface area contributed by atoms with E-state index >= 15 is 0 Å². The Hall–Kier alpha value is -1.29. The van der Waals surface area contributed by atoms with Crippen LogP contribution in [-0.4, -0.2) is 18.1 Å². The predicted molar refractivity (Wildman–Crippen MR) is 76.5 cm³/mol. The second-order valence-corrected chi connectivity index (χ2v) is 5.97. The SMILES string of the molecule is CCOc1ccc2nc(NCC3CC3C)sc2c1. The Morgan fingerprint density at radius 1 is 1.50 bits per heavy atom. The number of fused-ring (bicyclic) bond motifs is 1. The fraction of sp³-hybridized carbons (Fsp3) is 0.500. The maximum absolute atomic E-state index is 5.50. The van der Waals surface area contributed by atoms with Gasteiger partial charge in [-0.1, -0.05) is 18.3 Å². The number of aromatic nitrogens is 1. The summed E-state index contributed by atoms with van der Waals surface area (Å²) in [6.07, 6.45) is 1.35. The van der Waals surface area contributed by atoms with Crippen LogP contribution in [-0.2, 0) is 0 Å². The van der Waals surface area contributed by atoms with E-state index < -0.39 is 0 Å². The smallest absolute Gasteiger partial charge is 0.183 e. The minimum Gasteiger partial charge on any atom is -0.494 e. The molecule has 1 fully saturated rings. The lowest BCUT2D eigenvalue weighted by molar-refractivity contribution is 0.341. The van der Waals surface area contributed by atoms with Gasteiger partial charge >= 0.3 is 0 Å². The first-order chi connectivity index (χ1) is 8.76. The van der Waals surface area contributed by atoms with Crippen LogP contribution < -0.4 is 10.1 Å². The lowest BCUT2D eigenvalue weighted by Gasteiger charge is -2.00. The largest absolute Gasteiger partial charge is 0.494 e. The third-order valence-corrected chi connectivity index (χ3v) is 4.44. The van der Waals surface area contributed by atoms with Crippen LogP contribution in [0.1, 0.15) is 20.3 Å². The molecule has 2 aromatic rings. The Morgan fingerprint density at radius 2 is 2.33 bits per heavy atom. The van der Waals surface area contributed by atoms with Crippen molar-refractivity contribution in [2.24, 2.45) is 11.8 Å². The zero-order valence-electron chi connectivity index (χ0n) is 10.8. The third kappa shape index (κ3) is 2.43. The molecule has 96 valence electrons. The van der Waals surface area contributed by atoms with Gasteiger partial charge in [0, 0.05) is 6.54 Å². The van der Waals surface area contributed by atoms with Crippen LogP contribution in [0.15, 0.2) is 18.2 Å². The number of nitrogens with one attached hydrogen (secondary N) is 1. The lowest BCUT2D eigenvalue weighted by Crippen LogP contribution is -2.03. The van der Waals surface area contributed by atoms with Gasteiger partial charge in [0.25, 0.3) is 0 Å². The molecule has 0 bridgehead atoms. The summed E-state index contributed by atoms with van der Waals surface area (Å²) in [5.74, 6) is 2.66. The first-order valence-corrected chi connectivity index (χ1v) is 7.35. The van der Waals surface area contributed by atoms with Crippen molar-refractivity contribution in [2.75, 3.05) is 18.5 Å². The van der Waals surface area contributed by atoms with Crippen LogP contribution in [0, 0.1) is 11.8 Å². The van der Waals surface area contributed by atoms with Crippen LogP contribution in [0.2, 0.25) is 0 Å². The van der Waals surface area contributed by atoms with Crippen molar-refractivity contribution in [2.45, 2.75) is 20.3 Å². The highest BCUT2D eigenvalue weighted by Gasteiger charge is 2.32. The highest BCUT2D eigenvalue weighted by molar-refractivity contribution is 7.22. The molecule has 1 aromatic carbocycles. The fourth-order valence-corrected chi connectivity index (χ4v) is 3.04. The summed E-state index contributed by atoms with van der Waals surface area (Å²) in [6.45, 7) is 6.06. The molecule has 1 heterocycles. The van der Waals surface area contributed by atoms with Crippen molar-refractivity contribution < 1.29 is 4.74 Å². The summed E-state index contributed by atoms with van der Waals surface area (Å²) < 4.78 is 6.69. The maximum Gasteiger partial charge on any atom is 0.183 e. The zero-order chi connectivity index (χ0) is 12.5. The van der Waals surface area contributed by atoms with Gasteiger partial charge in [0.15, 0.2) is 5.13 Å². The van der Waals surface area contributed by atoms with Crippen molar-refractivity contribution in [1.82, 2.24) is 4.98 Å². The number of anilines is 1. The molecule has 0 radical (unpaired) electrons. The van der Waals surface area contributed by atoms with Gasteiger partial charge in [-0.2, -0.15) is 0 Å². The van der Waals surface area contributed by atoms with Crippen molar-refractivity contribution in [3.05, 3.63) is 18.2 Å². The molecule has 3 nitrogen and oxygen atoms in total. The van der Waals surface area contributed by atoms with Crippen LogP contribution in [0.5, 0.6) is 5.75 Å². The van der Waals surface area contributed by atoms with Gasteiger partial charge in [0.05, 0.1) is 16.8 Å². The molecule has 0 saturated heterocycles. The number of benzene rings is 1. The van der Waals surface area contributed by atoms with Crippen molar-refractivity contribution in [3.63, 3.8) is 0 Å². The first-order valence-electron chi connectivity index (χ1n) is 6.53. The number of nitrogens with zero attached hydrogens (tertiary/aromatic N) is 1. The predicted octanol–water partition coefficient (Wildman–Crippen LogP) is 3.76. The molecule has 1 aliphatic carbocycles. The number of hydrogen-bond donors (Lipinski definition) is 1. The molecule has 0 amide bonds. The Labute approximate surface area is 111 Å². The summed E-state index contributed by atoms with van der Waals surface area (Å²) in [5.41, 5.74) is 1.05. The molecule has 1 aromatic heterocycles. The molecule has 0 aliphatic heterocycles. The lowest BCUT2D eigenvalue weighted by atomic mass is 10.3. The average Bonchev–Trinajstić information content (AvgIpc) is 2.90. The van der Waals surface area contributed by atoms with Gasteiger partial charge < -0.3 is 10.1 Å². The zero-order valence-corrected chi connectivity index (χ0v) is 11.6. The van der Waals surface area contributed by atoms with E-state index in [0.29, 0.717) is 6.61 Å². The molecular formula is C14H18N2OS. The van der Waals surface area contributed by atoms with E-state index in [1.165, 1.54) is 11.1 Å². The van der Waals surface area contributed by atoms with Gasteiger partial charge in [-0.05, 0) is 43.4 Å². The van der Waals surface area contributed by atoms with Gasteiger partial charge in [0.2, 0.25) is 0 Å². The van der Waals surface area contributed by atoms with E-state index in [1.807, 2.05) is 19.1 Å². The van der Waals surface area contributed by atoms with Crippen LogP contribution in [0.25, 0.3) is 10.2 Å². The molecule has 2 unspecified atom stereocenters. The van der Waals surface area contributed by atoms with E-state index in [4.69, 9.17) is 4.74 Å². The molecule has 4 heteroatoms. The standard InChI is InChI=1S/C14H18N2OS/c1-3-17-11-4-5-12-13(7-11)18-14(16-12)15-8-10-6-9(10)2/h4-5,7,9-10H,3,6,8H2,1-2H3,(H,15,16). The highest BCUT2D eigenvalue weighted by Crippen LogP contribution is 2.38. The monoisotopic (exact) mass is 262 g/mol. The minimum atomic E-state index is 0.703. The Bertz CT molecular complexity index is 552. The van der Waals surface area contributed by atoms with Gasteiger partial charge in [-0.3, -0.25) is 0 Å². The molecular weight excluding hydrogens is 244 g/mol. The second kappa shape index (κ2) is 4.76. The molecule has 3 rings (SSSR count). The first kappa shape index (κ1) is 11.8. The summed E-state index contributed by atoms with van der Waals surface area (Å²) in [5, 5.41) is 4.47. The molecule has 1 saturated carbocycles. The van der Waals surface area contributed by atoms with Crippen molar-refractivity contribution >= 4 is 26.7 Å². The van der Waals surface area contributed by atoms with E-state index in [0.717, 1.165) is 34.8 Å². The Kier molecular flexibility index (Phi) is 3.12. The Balaban J connectivity index is 1.73. The van der Waals surface area contributed by atoms with Crippen LogP contribution in [0.3, 0.4) is 0 Å². The highest BCUT2D eigenvalue weighted by atomic mass is 32.1. The second-order valence-electron chi connectivity index (χ2n) is 4.94. The Morgan fingerprint density at radius 3 is 3.06 bits per heavy atom. The molecule has 1 N–H and O–H groups in total. The van der Waals surface area contributed by atoms with Gasteiger partial charge in [-0.15, -0.1) is 0 Å². The quantitative estimate of drug-likeness (QED) is 0.890. The normalized spacial score (nSPS) is 22.1. The topological polar surface area (TPSA) is 34.1 Å². The minimum absolute atomic E-state index is 0.703. The summed E-state index contributed by atoms with van der Waals surface area (Å²) in [4.78, 5) is 4.59. The molecule has 18 heavy (non-hydrogen) atoms. The summed E-state index contributed by atoms with van der Waals surface area (Å²) >= 11 is 1.71. The van der Waals surface area contributed by atoms with Crippen molar-refractivity contribution in [3.8, 4) is 5.75 Å². The van der Waals surface area contributed by atoms with Crippen LogP contribution in [0.4, 0.5) is 5.13 Å².